The van der Waals surface area contributed by atoms with Crippen LogP contribution in [-0.4, -0.2) is 30.5 Å². The second-order valence-corrected chi connectivity index (χ2v) is 8.92. The van der Waals surface area contributed by atoms with Crippen molar-refractivity contribution in [3.63, 3.8) is 0 Å². The Balaban J connectivity index is 1.58. The maximum Gasteiger partial charge on any atom is 0.329 e. The normalized spacial score (nSPS) is 10.6. The second-order valence-electron chi connectivity index (χ2n) is 6.78. The largest absolute Gasteiger partial charge is 0.483 e. The summed E-state index contributed by atoms with van der Waals surface area (Å²) in [5, 5.41) is 9.71. The molecule has 3 N–H and O–H groups in total. The lowest BCUT2D eigenvalue weighted by Gasteiger charge is -2.10. The van der Waals surface area contributed by atoms with Gasteiger partial charge in [-0.3, -0.25) is 14.4 Å². The molecule has 0 aliphatic rings. The van der Waals surface area contributed by atoms with E-state index in [1.807, 2.05) is 0 Å². The van der Waals surface area contributed by atoms with Crippen LogP contribution in [0, 0.1) is 0 Å². The molecular weight excluding hydrogens is 583 g/mol. The number of nitrogens with zero attached hydrogens (tertiary/aromatic N) is 1. The number of hydrogen-bond donors (Lipinski definition) is 3. The molecule has 0 radical (unpaired) electrons. The Morgan fingerprint density at radius 3 is 2.43 bits per heavy atom. The lowest BCUT2D eigenvalue weighted by Crippen LogP contribution is -2.32. The highest BCUT2D eigenvalue weighted by Crippen LogP contribution is 2.29. The summed E-state index contributed by atoms with van der Waals surface area (Å²) in [4.78, 5) is 36.4. The predicted molar refractivity (Wildman–Crippen MR) is 141 cm³/mol. The van der Waals surface area contributed by atoms with Crippen molar-refractivity contribution in [3.05, 3.63) is 85.8 Å². The van der Waals surface area contributed by atoms with E-state index in [1.54, 1.807) is 54.6 Å². The summed E-state index contributed by atoms with van der Waals surface area (Å²) >= 11 is 21.1. The molecule has 3 aromatic carbocycles. The summed E-state index contributed by atoms with van der Waals surface area (Å²) < 4.78 is 6.29. The number of ether oxygens (including phenoxy) is 1. The molecule has 12 heteroatoms. The standard InChI is InChI=1S/C23H16BrCl3N4O4/c24-14-4-9-19(35-12-20(32)29-16-7-5-15(25)6-8-16)13(10-14)11-28-31-23(34)22(33)30-18-3-1-2-17(26)21(18)27/h1-11H,12H2,(H,29,32)(H,30,33)(H,31,34)/b28-11-. The summed E-state index contributed by atoms with van der Waals surface area (Å²) in [5.41, 5.74) is 3.31. The van der Waals surface area contributed by atoms with Crippen LogP contribution in [0.25, 0.3) is 0 Å². The van der Waals surface area contributed by atoms with Crippen molar-refractivity contribution >= 4 is 86.0 Å². The zero-order chi connectivity index (χ0) is 25.4. The Morgan fingerprint density at radius 2 is 1.69 bits per heavy atom. The van der Waals surface area contributed by atoms with Gasteiger partial charge in [0, 0.05) is 20.7 Å². The van der Waals surface area contributed by atoms with Crippen LogP contribution >= 0.6 is 50.7 Å². The molecule has 0 fully saturated rings. The first-order valence-corrected chi connectivity index (χ1v) is 11.7. The first kappa shape index (κ1) is 26.5. The third-order valence-corrected chi connectivity index (χ3v) is 5.80. The van der Waals surface area contributed by atoms with E-state index in [4.69, 9.17) is 39.5 Å². The highest BCUT2D eigenvalue weighted by atomic mass is 79.9. The third kappa shape index (κ3) is 7.97. The van der Waals surface area contributed by atoms with Gasteiger partial charge in [0.1, 0.15) is 5.75 Å². The van der Waals surface area contributed by atoms with E-state index in [2.05, 4.69) is 37.1 Å². The average molecular weight is 599 g/mol. The Kier molecular flexibility index (Phi) is 9.50. The molecule has 0 heterocycles. The van der Waals surface area contributed by atoms with E-state index < -0.39 is 11.8 Å². The van der Waals surface area contributed by atoms with Crippen LogP contribution in [0.3, 0.4) is 0 Å². The molecule has 0 aliphatic heterocycles. The van der Waals surface area contributed by atoms with Gasteiger partial charge in [-0.2, -0.15) is 5.10 Å². The van der Waals surface area contributed by atoms with Crippen molar-refractivity contribution in [2.24, 2.45) is 5.10 Å². The molecule has 0 atom stereocenters. The van der Waals surface area contributed by atoms with Gasteiger partial charge >= 0.3 is 11.8 Å². The molecule has 0 spiro atoms. The molecule has 35 heavy (non-hydrogen) atoms. The summed E-state index contributed by atoms with van der Waals surface area (Å²) in [6.07, 6.45) is 1.27. The number of hydrogen-bond acceptors (Lipinski definition) is 5. The minimum atomic E-state index is -1.03. The molecule has 0 bridgehead atoms. The number of nitrogens with one attached hydrogen (secondary N) is 3. The quantitative estimate of drug-likeness (QED) is 0.189. The molecule has 3 amide bonds. The molecule has 3 rings (SSSR count). The number of anilines is 2. The average Bonchev–Trinajstić information content (AvgIpc) is 2.83. The minimum Gasteiger partial charge on any atom is -0.483 e. The van der Waals surface area contributed by atoms with Crippen molar-refractivity contribution in [1.82, 2.24) is 5.43 Å². The van der Waals surface area contributed by atoms with Crippen molar-refractivity contribution in [1.29, 1.82) is 0 Å². The fraction of sp³-hybridized carbons (Fsp3) is 0.0435. The number of benzene rings is 3. The highest BCUT2D eigenvalue weighted by Gasteiger charge is 2.15. The second kappa shape index (κ2) is 12.6. The van der Waals surface area contributed by atoms with Crippen molar-refractivity contribution in [3.8, 4) is 5.75 Å². The van der Waals surface area contributed by atoms with Gasteiger partial charge in [-0.1, -0.05) is 56.8 Å². The van der Waals surface area contributed by atoms with Gasteiger partial charge in [0.25, 0.3) is 5.91 Å². The van der Waals surface area contributed by atoms with E-state index in [0.29, 0.717) is 26.5 Å². The zero-order valence-electron chi connectivity index (χ0n) is 17.7. The molecule has 3 aromatic rings. The van der Waals surface area contributed by atoms with Gasteiger partial charge in [0.15, 0.2) is 6.61 Å². The fourth-order valence-corrected chi connectivity index (χ4v) is 3.47. The summed E-state index contributed by atoms with van der Waals surface area (Å²) in [6, 6.07) is 16.2. The molecule has 0 aromatic heterocycles. The number of carbonyl (C=O) groups excluding carboxylic acids is 3. The SMILES string of the molecule is O=C(COc1ccc(Br)cc1/C=N\NC(=O)C(=O)Nc1cccc(Cl)c1Cl)Nc1ccc(Cl)cc1. The number of carbonyl (C=O) groups is 3. The lowest BCUT2D eigenvalue weighted by molar-refractivity contribution is -0.136. The Hall–Kier alpha value is -3.11. The molecule has 0 saturated carbocycles. The van der Waals surface area contributed by atoms with Gasteiger partial charge in [-0.05, 0) is 54.6 Å². The minimum absolute atomic E-state index is 0.106. The molecule has 0 saturated heterocycles. The number of hydrazone groups is 1. The van der Waals surface area contributed by atoms with Crippen LogP contribution in [0.5, 0.6) is 5.75 Å². The van der Waals surface area contributed by atoms with E-state index in [0.717, 1.165) is 0 Å². The third-order valence-electron chi connectivity index (χ3n) is 4.23. The van der Waals surface area contributed by atoms with Crippen LogP contribution in [0.4, 0.5) is 11.4 Å². The van der Waals surface area contributed by atoms with Crippen molar-refractivity contribution < 1.29 is 19.1 Å². The summed E-state index contributed by atoms with van der Waals surface area (Å²) in [7, 11) is 0. The first-order chi connectivity index (χ1) is 16.7. The van der Waals surface area contributed by atoms with Gasteiger partial charge in [-0.15, -0.1) is 0 Å². The molecule has 180 valence electrons. The predicted octanol–water partition coefficient (Wildman–Crippen LogP) is 5.52. The maximum atomic E-state index is 12.2. The van der Waals surface area contributed by atoms with Crippen LogP contribution in [0.15, 0.2) is 70.2 Å². The fourth-order valence-electron chi connectivity index (χ4n) is 2.62. The Bertz CT molecular complexity index is 1290. The summed E-state index contributed by atoms with van der Waals surface area (Å²) in [6.45, 7) is -0.278. The zero-order valence-corrected chi connectivity index (χ0v) is 21.5. The van der Waals surface area contributed by atoms with Gasteiger partial charge in [-0.25, -0.2) is 5.43 Å². The maximum absolute atomic E-state index is 12.2. The van der Waals surface area contributed by atoms with Gasteiger partial charge in [0.2, 0.25) is 0 Å². The van der Waals surface area contributed by atoms with Gasteiger partial charge in [0.05, 0.1) is 21.9 Å². The van der Waals surface area contributed by atoms with E-state index in [1.165, 1.54) is 12.3 Å². The lowest BCUT2D eigenvalue weighted by atomic mass is 10.2. The number of rotatable bonds is 7. The van der Waals surface area contributed by atoms with E-state index in [-0.39, 0.29) is 28.2 Å². The molecule has 0 unspecified atom stereocenters. The summed E-state index contributed by atoms with van der Waals surface area (Å²) in [5.74, 6) is -2.08. The van der Waals surface area contributed by atoms with Gasteiger partial charge < -0.3 is 15.4 Å². The van der Waals surface area contributed by atoms with Crippen molar-refractivity contribution in [2.75, 3.05) is 17.2 Å². The van der Waals surface area contributed by atoms with Crippen LogP contribution in [-0.2, 0) is 14.4 Å². The first-order valence-electron chi connectivity index (χ1n) is 9.79. The highest BCUT2D eigenvalue weighted by molar-refractivity contribution is 9.10. The van der Waals surface area contributed by atoms with Crippen molar-refractivity contribution in [2.45, 2.75) is 0 Å². The topological polar surface area (TPSA) is 109 Å². The molecular formula is C23H16BrCl3N4O4. The number of amides is 3. The Morgan fingerprint density at radius 1 is 0.943 bits per heavy atom. The molecule has 0 aliphatic carbocycles. The van der Waals surface area contributed by atoms with Crippen LogP contribution < -0.4 is 20.8 Å². The van der Waals surface area contributed by atoms with Crippen LogP contribution in [0.2, 0.25) is 15.1 Å². The monoisotopic (exact) mass is 596 g/mol. The smallest absolute Gasteiger partial charge is 0.329 e. The van der Waals surface area contributed by atoms with Crippen LogP contribution in [0.1, 0.15) is 5.56 Å². The molecule has 8 nitrogen and oxygen atoms in total. The Labute approximate surface area is 223 Å². The number of halogens is 4. The van der Waals surface area contributed by atoms with E-state index in [9.17, 15) is 14.4 Å². The van der Waals surface area contributed by atoms with E-state index >= 15 is 0 Å².